The molecular weight excluding hydrogens is 388 g/mol. The average molecular weight is 412 g/mol. The Labute approximate surface area is 182 Å². The lowest BCUT2D eigenvalue weighted by Crippen LogP contribution is -2.42. The number of imide groups is 1. The third kappa shape index (κ3) is 4.08. The fourth-order valence-electron chi connectivity index (χ4n) is 3.69. The quantitative estimate of drug-likeness (QED) is 0.452. The predicted octanol–water partition coefficient (Wildman–Crippen LogP) is 4.66. The molecule has 4 rings (SSSR count). The molecule has 31 heavy (non-hydrogen) atoms. The van der Waals surface area contributed by atoms with E-state index in [1.807, 2.05) is 36.3 Å². The molecule has 0 aliphatic carbocycles. The summed E-state index contributed by atoms with van der Waals surface area (Å²) in [7, 11) is 3.50. The van der Waals surface area contributed by atoms with Crippen molar-refractivity contribution in [2.24, 2.45) is 0 Å². The van der Waals surface area contributed by atoms with Crippen molar-refractivity contribution < 1.29 is 14.3 Å². The largest absolute Gasteiger partial charge is 0.497 e. The molecule has 3 aromatic carbocycles. The maximum Gasteiger partial charge on any atom is 0.267 e. The molecule has 0 N–H and O–H groups in total. The topological polar surface area (TPSA) is 49.9 Å². The first-order valence-corrected chi connectivity index (χ1v) is 10.1. The number of benzene rings is 3. The molecule has 1 aliphatic rings. The average Bonchev–Trinajstić information content (AvgIpc) is 2.79. The van der Waals surface area contributed by atoms with Crippen molar-refractivity contribution in [3.05, 3.63) is 101 Å². The second kappa shape index (κ2) is 8.48. The summed E-state index contributed by atoms with van der Waals surface area (Å²) in [4.78, 5) is 29.8. The van der Waals surface area contributed by atoms with Crippen LogP contribution < -0.4 is 9.64 Å². The second-order valence-corrected chi connectivity index (χ2v) is 7.63. The summed E-state index contributed by atoms with van der Waals surface area (Å²) in [6.45, 7) is 2.70. The maximum absolute atomic E-state index is 13.5. The van der Waals surface area contributed by atoms with E-state index in [9.17, 15) is 9.59 Å². The number of aryl methyl sites for hydroxylation is 1. The molecule has 0 fully saturated rings. The van der Waals surface area contributed by atoms with Crippen molar-refractivity contribution in [2.75, 3.05) is 19.1 Å². The smallest absolute Gasteiger partial charge is 0.267 e. The summed E-state index contributed by atoms with van der Waals surface area (Å²) in [6, 6.07) is 22.4. The molecule has 0 radical (unpaired) electrons. The van der Waals surface area contributed by atoms with Gasteiger partial charge >= 0.3 is 0 Å². The highest BCUT2D eigenvalue weighted by Crippen LogP contribution is 2.33. The lowest BCUT2D eigenvalue weighted by atomic mass is 9.93. The number of carbonyl (C=O) groups excluding carboxylic acids is 2. The molecule has 0 saturated carbocycles. The van der Waals surface area contributed by atoms with Crippen LogP contribution in [0.15, 0.2) is 79.0 Å². The molecule has 0 saturated heterocycles. The number of ether oxygens (including phenoxy) is 1. The van der Waals surface area contributed by atoms with Crippen molar-refractivity contribution in [3.63, 3.8) is 0 Å². The Morgan fingerprint density at radius 2 is 1.52 bits per heavy atom. The van der Waals surface area contributed by atoms with Gasteiger partial charge in [-0.2, -0.15) is 0 Å². The summed E-state index contributed by atoms with van der Waals surface area (Å²) in [5.74, 6) is -0.0108. The van der Waals surface area contributed by atoms with Gasteiger partial charge in [0.15, 0.2) is 0 Å². The number of amides is 2. The Morgan fingerprint density at radius 3 is 2.16 bits per heavy atom. The molecular formula is C26H24N2O3. The Kier molecular flexibility index (Phi) is 5.58. The summed E-state index contributed by atoms with van der Waals surface area (Å²) in [6.07, 6.45) is 1.82. The van der Waals surface area contributed by atoms with Crippen LogP contribution >= 0.6 is 0 Å². The van der Waals surface area contributed by atoms with E-state index >= 15 is 0 Å². The van der Waals surface area contributed by atoms with Crippen LogP contribution in [0.5, 0.6) is 5.75 Å². The molecule has 0 spiro atoms. The van der Waals surface area contributed by atoms with Crippen LogP contribution in [0.25, 0.3) is 5.57 Å². The SMILES string of the molecule is COc1ccc(N2C(=O)C(=CN(C)Cc3ccc(C)cc3)c3ccccc3C2=O)cc1. The van der Waals surface area contributed by atoms with Crippen LogP contribution in [0, 0.1) is 6.92 Å². The third-order valence-electron chi connectivity index (χ3n) is 5.32. The number of hydrogen-bond donors (Lipinski definition) is 0. The van der Waals surface area contributed by atoms with Gasteiger partial charge in [0, 0.05) is 30.9 Å². The van der Waals surface area contributed by atoms with Crippen LogP contribution in [0.2, 0.25) is 0 Å². The van der Waals surface area contributed by atoms with Crippen molar-refractivity contribution in [3.8, 4) is 5.75 Å². The zero-order chi connectivity index (χ0) is 22.0. The highest BCUT2D eigenvalue weighted by Gasteiger charge is 2.36. The third-order valence-corrected chi connectivity index (χ3v) is 5.32. The number of nitrogens with zero attached hydrogens (tertiary/aromatic N) is 2. The standard InChI is InChI=1S/C26H24N2O3/c1-18-8-10-19(11-9-18)16-27(2)17-24-22-6-4-5-7-23(22)25(29)28(26(24)30)20-12-14-21(31-3)15-13-20/h4-15,17H,16H2,1-3H3. The van der Waals surface area contributed by atoms with Gasteiger partial charge in [0.05, 0.1) is 18.4 Å². The van der Waals surface area contributed by atoms with Gasteiger partial charge in [-0.15, -0.1) is 0 Å². The van der Waals surface area contributed by atoms with E-state index in [0.29, 0.717) is 34.7 Å². The normalized spacial score (nSPS) is 14.5. The van der Waals surface area contributed by atoms with Crippen molar-refractivity contribution in [1.82, 2.24) is 4.90 Å². The van der Waals surface area contributed by atoms with Gasteiger partial charge in [-0.25, -0.2) is 4.90 Å². The number of hydrogen-bond acceptors (Lipinski definition) is 4. The number of fused-ring (bicyclic) bond motifs is 1. The van der Waals surface area contributed by atoms with E-state index in [4.69, 9.17) is 4.74 Å². The molecule has 156 valence electrons. The van der Waals surface area contributed by atoms with Crippen LogP contribution in [-0.4, -0.2) is 30.9 Å². The van der Waals surface area contributed by atoms with Crippen molar-refractivity contribution >= 4 is 23.1 Å². The van der Waals surface area contributed by atoms with Gasteiger partial charge in [0.25, 0.3) is 11.8 Å². The van der Waals surface area contributed by atoms with E-state index in [0.717, 1.165) is 5.56 Å². The predicted molar refractivity (Wildman–Crippen MR) is 122 cm³/mol. The molecule has 2 amide bonds. The van der Waals surface area contributed by atoms with Gasteiger partial charge in [0.2, 0.25) is 0 Å². The van der Waals surface area contributed by atoms with E-state index in [-0.39, 0.29) is 11.8 Å². The molecule has 1 heterocycles. The minimum Gasteiger partial charge on any atom is -0.497 e. The Bertz CT molecular complexity index is 1150. The van der Waals surface area contributed by atoms with Gasteiger partial charge in [-0.3, -0.25) is 9.59 Å². The molecule has 5 heteroatoms. The maximum atomic E-state index is 13.5. The summed E-state index contributed by atoms with van der Waals surface area (Å²) < 4.78 is 5.20. The minimum atomic E-state index is -0.343. The van der Waals surface area contributed by atoms with Crippen molar-refractivity contribution in [2.45, 2.75) is 13.5 Å². The lowest BCUT2D eigenvalue weighted by Gasteiger charge is -2.29. The molecule has 0 unspecified atom stereocenters. The lowest BCUT2D eigenvalue weighted by molar-refractivity contribution is -0.112. The molecule has 0 bridgehead atoms. The minimum absolute atomic E-state index is 0.330. The molecule has 0 atom stereocenters. The van der Waals surface area contributed by atoms with Crippen LogP contribution in [0.3, 0.4) is 0 Å². The zero-order valence-electron chi connectivity index (χ0n) is 17.8. The van der Waals surface area contributed by atoms with Gasteiger partial charge in [-0.1, -0.05) is 48.0 Å². The van der Waals surface area contributed by atoms with E-state index < -0.39 is 0 Å². The molecule has 1 aliphatic heterocycles. The van der Waals surface area contributed by atoms with E-state index in [1.54, 1.807) is 37.4 Å². The number of anilines is 1. The highest BCUT2D eigenvalue weighted by atomic mass is 16.5. The molecule has 3 aromatic rings. The van der Waals surface area contributed by atoms with E-state index in [2.05, 4.69) is 31.2 Å². The first-order valence-electron chi connectivity index (χ1n) is 10.1. The second-order valence-electron chi connectivity index (χ2n) is 7.63. The Morgan fingerprint density at radius 1 is 0.871 bits per heavy atom. The molecule has 5 nitrogen and oxygen atoms in total. The van der Waals surface area contributed by atoms with Gasteiger partial charge in [0.1, 0.15) is 5.75 Å². The summed E-state index contributed by atoms with van der Waals surface area (Å²) >= 11 is 0. The zero-order valence-corrected chi connectivity index (χ0v) is 17.8. The van der Waals surface area contributed by atoms with Crippen LogP contribution in [0.4, 0.5) is 5.69 Å². The van der Waals surface area contributed by atoms with E-state index in [1.165, 1.54) is 10.5 Å². The number of methoxy groups -OCH3 is 1. The van der Waals surface area contributed by atoms with Crippen LogP contribution in [0.1, 0.15) is 27.0 Å². The van der Waals surface area contributed by atoms with Gasteiger partial charge < -0.3 is 9.64 Å². The fraction of sp³-hybridized carbons (Fsp3) is 0.154. The summed E-state index contributed by atoms with van der Waals surface area (Å²) in [5, 5.41) is 0. The first-order chi connectivity index (χ1) is 15.0. The number of rotatable bonds is 5. The van der Waals surface area contributed by atoms with Gasteiger partial charge in [-0.05, 0) is 42.8 Å². The fourth-order valence-corrected chi connectivity index (χ4v) is 3.69. The first kappa shape index (κ1) is 20.4. The van der Waals surface area contributed by atoms with Crippen molar-refractivity contribution in [1.29, 1.82) is 0 Å². The number of carbonyl (C=O) groups is 2. The molecule has 0 aromatic heterocycles. The highest BCUT2D eigenvalue weighted by molar-refractivity contribution is 6.41. The Hall–Kier alpha value is -3.86. The monoisotopic (exact) mass is 412 g/mol. The summed E-state index contributed by atoms with van der Waals surface area (Å²) in [5.41, 5.74) is 4.50. The van der Waals surface area contributed by atoms with Crippen LogP contribution in [-0.2, 0) is 11.3 Å². The Balaban J connectivity index is 1.72.